The molecule has 0 radical (unpaired) electrons. The molecule has 0 rings (SSSR count). The van der Waals surface area contributed by atoms with Crippen LogP contribution < -0.4 is 0 Å². The number of halogens is 14. The molecule has 0 fully saturated rings. The van der Waals surface area contributed by atoms with Gasteiger partial charge < -0.3 is 0 Å². The molecule has 0 aromatic rings. The van der Waals surface area contributed by atoms with Crippen molar-refractivity contribution >= 4 is 0 Å². The van der Waals surface area contributed by atoms with E-state index in [1.54, 1.807) is 0 Å². The van der Waals surface area contributed by atoms with Crippen molar-refractivity contribution in [3.63, 3.8) is 0 Å². The second-order valence-corrected chi connectivity index (χ2v) is 3.69. The van der Waals surface area contributed by atoms with E-state index in [4.69, 9.17) is 0 Å². The second kappa shape index (κ2) is 5.44. The number of rotatable bonds is 5. The Kier molecular flexibility index (Phi) is 5.13. The summed E-state index contributed by atoms with van der Waals surface area (Å²) in [5.74, 6) is -37.2. The van der Waals surface area contributed by atoms with Crippen LogP contribution in [-0.2, 0) is 0 Å². The maximum absolute atomic E-state index is 12.7. The van der Waals surface area contributed by atoms with Gasteiger partial charge in [-0.05, 0) is 0 Å². The van der Waals surface area contributed by atoms with Crippen LogP contribution in [0.25, 0.3) is 0 Å². The Hall–Kier alpha value is -1.24. The highest BCUT2D eigenvalue weighted by molar-refractivity contribution is 5.22. The topological polar surface area (TPSA) is 0 Å². The molecule has 0 saturated heterocycles. The van der Waals surface area contributed by atoms with Crippen LogP contribution in [-0.4, -0.2) is 36.5 Å². The zero-order valence-electron chi connectivity index (χ0n) is 9.50. The lowest BCUT2D eigenvalue weighted by molar-refractivity contribution is -0.307. The largest absolute Gasteiger partial charge is 0.460 e. The Morgan fingerprint density at radius 3 is 1.18 bits per heavy atom. The van der Waals surface area contributed by atoms with Gasteiger partial charge in [-0.1, -0.05) is 0 Å². The fourth-order valence-electron chi connectivity index (χ4n) is 0.852. The van der Waals surface area contributed by atoms with E-state index in [-0.39, 0.29) is 0 Å². The van der Waals surface area contributed by atoms with Crippen LogP contribution in [0, 0.1) is 0 Å². The van der Waals surface area contributed by atoms with Crippen molar-refractivity contribution in [1.29, 1.82) is 0 Å². The molecule has 0 amide bonds. The zero-order valence-corrected chi connectivity index (χ0v) is 9.50. The lowest BCUT2D eigenvalue weighted by Gasteiger charge is -2.31. The van der Waals surface area contributed by atoms with Gasteiger partial charge >= 0.3 is 29.9 Å². The average molecular weight is 364 g/mol. The minimum Gasteiger partial charge on any atom is -0.244 e. The standard InChI is InChI=1S/C8H2F14/c9-1-4(12,13)7(18,19)5(14,15)2(10)3(11)6(16,17)8(20,21)22/h1H2. The first kappa shape index (κ1) is 20.8. The van der Waals surface area contributed by atoms with Crippen LogP contribution in [0.15, 0.2) is 11.7 Å². The van der Waals surface area contributed by atoms with Gasteiger partial charge in [0.2, 0.25) is 11.7 Å². The first-order chi connectivity index (χ1) is 9.38. The maximum atomic E-state index is 12.7. The van der Waals surface area contributed by atoms with E-state index in [1.165, 1.54) is 0 Å². The minimum absolute atomic E-state index is 3.56. The molecule has 0 bridgehead atoms. The van der Waals surface area contributed by atoms with Gasteiger partial charge in [0.05, 0.1) is 0 Å². The average Bonchev–Trinajstić information content (AvgIpc) is 2.34. The van der Waals surface area contributed by atoms with E-state index in [1.807, 2.05) is 0 Å². The van der Waals surface area contributed by atoms with Gasteiger partial charge in [-0.2, -0.15) is 48.3 Å². The van der Waals surface area contributed by atoms with Gasteiger partial charge in [-0.15, -0.1) is 0 Å². The van der Waals surface area contributed by atoms with Crippen LogP contribution in [0.4, 0.5) is 61.5 Å². The molecule has 0 unspecified atom stereocenters. The molecule has 0 nitrogen and oxygen atoms in total. The van der Waals surface area contributed by atoms with E-state index < -0.39 is 48.2 Å². The number of allylic oxidation sites excluding steroid dienone is 2. The fraction of sp³-hybridized carbons (Fsp3) is 0.750. The van der Waals surface area contributed by atoms with Crippen molar-refractivity contribution in [3.8, 4) is 0 Å². The summed E-state index contributed by atoms with van der Waals surface area (Å²) in [6.45, 7) is -3.56. The molecule has 0 aromatic heterocycles. The molecular weight excluding hydrogens is 362 g/mol. The van der Waals surface area contributed by atoms with Gasteiger partial charge in [0.1, 0.15) is 0 Å². The van der Waals surface area contributed by atoms with Gasteiger partial charge in [-0.3, -0.25) is 0 Å². The Bertz CT molecular complexity index is 440. The summed E-state index contributed by atoms with van der Waals surface area (Å²) >= 11 is 0. The van der Waals surface area contributed by atoms with Crippen LogP contribution in [0.3, 0.4) is 0 Å². The van der Waals surface area contributed by atoms with Crippen molar-refractivity contribution in [1.82, 2.24) is 0 Å². The molecule has 14 heteroatoms. The summed E-state index contributed by atoms with van der Waals surface area (Å²) in [5, 5.41) is 0. The van der Waals surface area contributed by atoms with Crippen LogP contribution in [0.1, 0.15) is 0 Å². The van der Waals surface area contributed by atoms with Crippen LogP contribution in [0.2, 0.25) is 0 Å². The van der Waals surface area contributed by atoms with Gasteiger partial charge in [0, 0.05) is 0 Å². The summed E-state index contributed by atoms with van der Waals surface area (Å²) < 4.78 is 171. The van der Waals surface area contributed by atoms with Gasteiger partial charge in [0.25, 0.3) is 0 Å². The zero-order chi connectivity index (χ0) is 18.4. The summed E-state index contributed by atoms with van der Waals surface area (Å²) in [6.07, 6.45) is -7.03. The molecule has 0 heterocycles. The third kappa shape index (κ3) is 2.95. The first-order valence-corrected chi connectivity index (χ1v) is 4.58. The van der Waals surface area contributed by atoms with Gasteiger partial charge in [0.15, 0.2) is 6.67 Å². The number of hydrogen-bond donors (Lipinski definition) is 0. The molecule has 0 aromatic carbocycles. The monoisotopic (exact) mass is 364 g/mol. The third-order valence-electron chi connectivity index (χ3n) is 2.12. The summed E-state index contributed by atoms with van der Waals surface area (Å²) in [7, 11) is 0. The lowest BCUT2D eigenvalue weighted by atomic mass is 10.0. The lowest BCUT2D eigenvalue weighted by Crippen LogP contribution is -2.56. The van der Waals surface area contributed by atoms with E-state index in [0.717, 1.165) is 0 Å². The second-order valence-electron chi connectivity index (χ2n) is 3.69. The SMILES string of the molecule is FCC(F)(F)C(F)(F)C(F)(F)C(F)=C(F)C(F)(F)C(F)(F)F. The van der Waals surface area contributed by atoms with Crippen molar-refractivity contribution in [2.45, 2.75) is 29.9 Å². The highest BCUT2D eigenvalue weighted by Gasteiger charge is 2.76. The van der Waals surface area contributed by atoms with E-state index >= 15 is 0 Å². The van der Waals surface area contributed by atoms with E-state index in [2.05, 4.69) is 0 Å². The number of hydrogen-bond acceptors (Lipinski definition) is 0. The molecule has 22 heavy (non-hydrogen) atoms. The molecular formula is C8H2F14. The summed E-state index contributed by atoms with van der Waals surface area (Å²) in [5.41, 5.74) is 0. The molecule has 0 N–H and O–H groups in total. The smallest absolute Gasteiger partial charge is 0.244 e. The molecule has 132 valence electrons. The predicted octanol–water partition coefficient (Wildman–Crippen LogP) is 5.21. The molecule has 0 saturated carbocycles. The van der Waals surface area contributed by atoms with E-state index in [9.17, 15) is 61.5 Å². The summed E-state index contributed by atoms with van der Waals surface area (Å²) in [6, 6.07) is 0. The highest BCUT2D eigenvalue weighted by Crippen LogP contribution is 2.53. The molecule has 0 spiro atoms. The summed E-state index contributed by atoms with van der Waals surface area (Å²) in [4.78, 5) is 0. The first-order valence-electron chi connectivity index (χ1n) is 4.58. The molecule has 0 aliphatic rings. The van der Waals surface area contributed by atoms with Crippen LogP contribution in [0.5, 0.6) is 0 Å². The molecule has 0 aliphatic carbocycles. The quantitative estimate of drug-likeness (QED) is 0.588. The van der Waals surface area contributed by atoms with Crippen molar-refractivity contribution in [2.75, 3.05) is 6.67 Å². The third-order valence-corrected chi connectivity index (χ3v) is 2.12. The molecule has 0 atom stereocenters. The van der Waals surface area contributed by atoms with Crippen molar-refractivity contribution in [2.24, 2.45) is 0 Å². The van der Waals surface area contributed by atoms with Gasteiger partial charge in [-0.25, -0.2) is 13.2 Å². The molecule has 0 aliphatic heterocycles. The normalized spacial score (nSPS) is 16.6. The van der Waals surface area contributed by atoms with Crippen molar-refractivity contribution < 1.29 is 61.5 Å². The Morgan fingerprint density at radius 2 is 0.909 bits per heavy atom. The highest BCUT2D eigenvalue weighted by atomic mass is 19.4. The van der Waals surface area contributed by atoms with Crippen molar-refractivity contribution in [3.05, 3.63) is 11.7 Å². The minimum atomic E-state index is -7.18. The fourth-order valence-corrected chi connectivity index (χ4v) is 0.852. The van der Waals surface area contributed by atoms with E-state index in [0.29, 0.717) is 0 Å². The number of alkyl halides is 12. The Balaban J connectivity index is 6.18. The maximum Gasteiger partial charge on any atom is 0.460 e. The Morgan fingerprint density at radius 1 is 0.591 bits per heavy atom. The Labute approximate surface area is 111 Å². The predicted molar refractivity (Wildman–Crippen MR) is 41.1 cm³/mol. The van der Waals surface area contributed by atoms with Crippen LogP contribution >= 0.6 is 0 Å².